The molecule has 0 saturated carbocycles. The molecule has 2 aliphatic heterocycles. The third-order valence-electron chi connectivity index (χ3n) is 7.57. The highest BCUT2D eigenvalue weighted by Crippen LogP contribution is 2.35. The van der Waals surface area contributed by atoms with Crippen LogP contribution in [-0.2, 0) is 41.4 Å². The van der Waals surface area contributed by atoms with Crippen molar-refractivity contribution < 1.29 is 64.8 Å². The van der Waals surface area contributed by atoms with Crippen LogP contribution in [0.1, 0.15) is 31.4 Å². The SMILES string of the molecule is CC(C)CN(C[C@@H](O)[C@H](Cc1ccc(OCP(=O)(O)O)cc1)NC(=O)O[C@H]1CO[C@H]2OCC[C@H]21)S(=O)(=O)c1ccc(C(F)(F)F)cc1. The Kier molecular flexibility index (Phi) is 12.0. The van der Waals surface area contributed by atoms with E-state index in [1.807, 2.05) is 0 Å². The highest BCUT2D eigenvalue weighted by molar-refractivity contribution is 7.89. The van der Waals surface area contributed by atoms with Gasteiger partial charge in [-0.05, 0) is 60.7 Å². The van der Waals surface area contributed by atoms with Crippen molar-refractivity contribution >= 4 is 23.7 Å². The van der Waals surface area contributed by atoms with E-state index in [1.54, 1.807) is 13.8 Å². The Hall–Kier alpha value is -2.76. The largest absolute Gasteiger partial charge is 0.481 e. The molecule has 0 spiro atoms. The molecule has 0 radical (unpaired) electrons. The van der Waals surface area contributed by atoms with Gasteiger partial charge in [0.15, 0.2) is 12.6 Å². The molecule has 4 N–H and O–H groups in total. The van der Waals surface area contributed by atoms with Gasteiger partial charge >= 0.3 is 19.9 Å². The zero-order chi connectivity index (χ0) is 34.6. The molecule has 0 aromatic heterocycles. The highest BCUT2D eigenvalue weighted by Gasteiger charge is 2.44. The Morgan fingerprint density at radius 1 is 1.09 bits per heavy atom. The number of sulfonamides is 1. The number of hydrogen-bond acceptors (Lipinski definition) is 9. The molecule has 2 aromatic rings. The van der Waals surface area contributed by atoms with Crippen molar-refractivity contribution in [3.8, 4) is 5.75 Å². The molecular formula is C29H38F3N2O11PS. The van der Waals surface area contributed by atoms with Gasteiger partial charge in [-0.3, -0.25) is 4.57 Å². The molecule has 0 aliphatic carbocycles. The first-order valence-electron chi connectivity index (χ1n) is 14.7. The maximum atomic E-state index is 13.6. The molecule has 18 heteroatoms. The summed E-state index contributed by atoms with van der Waals surface area (Å²) in [7, 11) is -8.81. The first-order chi connectivity index (χ1) is 21.9. The first kappa shape index (κ1) is 37.1. The number of nitrogens with zero attached hydrogens (tertiary/aromatic N) is 1. The van der Waals surface area contributed by atoms with Crippen LogP contribution in [0.15, 0.2) is 53.4 Å². The summed E-state index contributed by atoms with van der Waals surface area (Å²) in [6.07, 6.45) is -8.43. The van der Waals surface area contributed by atoms with E-state index in [1.165, 1.54) is 24.3 Å². The third-order valence-corrected chi connectivity index (χ3v) is 9.88. The van der Waals surface area contributed by atoms with Gasteiger partial charge < -0.3 is 39.2 Å². The van der Waals surface area contributed by atoms with Crippen LogP contribution < -0.4 is 10.1 Å². The summed E-state index contributed by atoms with van der Waals surface area (Å²) in [5.74, 6) is -0.255. The van der Waals surface area contributed by atoms with Crippen LogP contribution in [0.5, 0.6) is 5.75 Å². The van der Waals surface area contributed by atoms with Crippen molar-refractivity contribution in [1.29, 1.82) is 0 Å². The van der Waals surface area contributed by atoms with E-state index in [2.05, 4.69) is 5.32 Å². The number of amides is 1. The molecule has 2 fully saturated rings. The van der Waals surface area contributed by atoms with Gasteiger partial charge in [-0.1, -0.05) is 26.0 Å². The average molecular weight is 711 g/mol. The number of rotatable bonds is 14. The lowest BCUT2D eigenvalue weighted by molar-refractivity contribution is -0.137. The monoisotopic (exact) mass is 710 g/mol. The van der Waals surface area contributed by atoms with Gasteiger partial charge in [0.1, 0.15) is 11.9 Å². The highest BCUT2D eigenvalue weighted by atomic mass is 32.2. The lowest BCUT2D eigenvalue weighted by atomic mass is 10.0. The average Bonchev–Trinajstić information content (AvgIpc) is 3.60. The van der Waals surface area contributed by atoms with E-state index in [9.17, 15) is 36.1 Å². The number of carbonyl (C=O) groups is 1. The minimum Gasteiger partial charge on any atom is -0.481 e. The van der Waals surface area contributed by atoms with Crippen molar-refractivity contribution in [2.75, 3.05) is 32.7 Å². The van der Waals surface area contributed by atoms with Crippen LogP contribution in [0.3, 0.4) is 0 Å². The van der Waals surface area contributed by atoms with E-state index < -0.39 is 77.8 Å². The minimum atomic E-state index is -4.66. The Morgan fingerprint density at radius 3 is 2.34 bits per heavy atom. The molecule has 1 amide bonds. The molecule has 4 rings (SSSR count). The number of fused-ring (bicyclic) bond motifs is 1. The van der Waals surface area contributed by atoms with E-state index in [0.29, 0.717) is 30.7 Å². The van der Waals surface area contributed by atoms with Crippen LogP contribution in [0, 0.1) is 11.8 Å². The number of halogens is 3. The van der Waals surface area contributed by atoms with Crippen molar-refractivity contribution in [1.82, 2.24) is 9.62 Å². The fourth-order valence-corrected chi connectivity index (χ4v) is 7.21. The van der Waals surface area contributed by atoms with Crippen LogP contribution in [0.2, 0.25) is 0 Å². The fourth-order valence-electron chi connectivity index (χ4n) is 5.27. The van der Waals surface area contributed by atoms with Crippen LogP contribution >= 0.6 is 7.60 Å². The molecular weight excluding hydrogens is 672 g/mol. The summed E-state index contributed by atoms with van der Waals surface area (Å²) in [6.45, 7) is 3.40. The summed E-state index contributed by atoms with van der Waals surface area (Å²) in [4.78, 5) is 30.8. The Labute approximate surface area is 270 Å². The number of alkyl halides is 3. The lowest BCUT2D eigenvalue weighted by Crippen LogP contribution is -2.51. The van der Waals surface area contributed by atoms with Crippen molar-refractivity contribution in [3.63, 3.8) is 0 Å². The standard InChI is InChI=1S/C29H38F3N2O11PS/c1-18(2)14-34(47(40,41)22-9-5-20(6-10-22)29(30,31)32)15-25(35)24(13-19-3-7-21(8-4-19)44-17-46(37,38)39)33-28(36)45-26-16-43-27-23(26)11-12-42-27/h3-10,18,23-27,35H,11-17H2,1-2H3,(H,33,36)(H2,37,38,39)/t23-,24-,25+,26-,27+/m0/s1. The fraction of sp³-hybridized carbons (Fsp3) is 0.552. The number of ether oxygens (including phenoxy) is 4. The van der Waals surface area contributed by atoms with Gasteiger partial charge in [-0.2, -0.15) is 17.5 Å². The third kappa shape index (κ3) is 10.4. The van der Waals surface area contributed by atoms with E-state index in [0.717, 1.165) is 16.4 Å². The summed E-state index contributed by atoms with van der Waals surface area (Å²) in [5, 5.41) is 14.0. The molecule has 5 atom stereocenters. The predicted molar refractivity (Wildman–Crippen MR) is 160 cm³/mol. The topological polar surface area (TPSA) is 181 Å². The molecule has 0 unspecified atom stereocenters. The van der Waals surface area contributed by atoms with Crippen molar-refractivity contribution in [2.24, 2.45) is 11.8 Å². The molecule has 47 heavy (non-hydrogen) atoms. The molecule has 2 saturated heterocycles. The number of alkyl carbamates (subject to hydrolysis) is 1. The second-order valence-corrected chi connectivity index (χ2v) is 15.3. The number of nitrogens with one attached hydrogen (secondary N) is 1. The number of benzene rings is 2. The first-order valence-corrected chi connectivity index (χ1v) is 18.0. The van der Waals surface area contributed by atoms with Crippen molar-refractivity contribution in [2.45, 2.75) is 62.3 Å². The summed E-state index contributed by atoms with van der Waals surface area (Å²) in [6, 6.07) is 7.85. The molecule has 2 aromatic carbocycles. The summed E-state index contributed by atoms with van der Waals surface area (Å²) < 4.78 is 100. The number of aliphatic hydroxyl groups is 1. The molecule has 0 bridgehead atoms. The minimum absolute atomic E-state index is 0.0405. The van der Waals surface area contributed by atoms with Crippen molar-refractivity contribution in [3.05, 3.63) is 59.7 Å². The second kappa shape index (κ2) is 15.2. The molecule has 2 aliphatic rings. The van der Waals surface area contributed by atoms with Crippen LogP contribution in [-0.4, -0.2) is 90.9 Å². The Balaban J connectivity index is 1.54. The van der Waals surface area contributed by atoms with E-state index in [-0.39, 0.29) is 37.2 Å². The smallest absolute Gasteiger partial charge is 0.416 e. The van der Waals surface area contributed by atoms with Crippen LogP contribution in [0.4, 0.5) is 18.0 Å². The van der Waals surface area contributed by atoms with Gasteiger partial charge in [0, 0.05) is 13.1 Å². The van der Waals surface area contributed by atoms with E-state index in [4.69, 9.17) is 28.7 Å². The summed E-state index contributed by atoms with van der Waals surface area (Å²) in [5.41, 5.74) is -0.483. The molecule has 262 valence electrons. The Bertz CT molecular complexity index is 1500. The van der Waals surface area contributed by atoms with Gasteiger partial charge in [0.2, 0.25) is 10.0 Å². The number of hydrogen-bond donors (Lipinski definition) is 4. The quantitative estimate of drug-likeness (QED) is 0.211. The maximum Gasteiger partial charge on any atom is 0.416 e. The van der Waals surface area contributed by atoms with E-state index >= 15 is 0 Å². The van der Waals surface area contributed by atoms with Gasteiger partial charge in [-0.15, -0.1) is 0 Å². The number of aliphatic hydroxyl groups excluding tert-OH is 1. The lowest BCUT2D eigenvalue weighted by Gasteiger charge is -2.31. The van der Waals surface area contributed by atoms with Crippen LogP contribution in [0.25, 0.3) is 0 Å². The normalized spacial score (nSPS) is 21.4. The predicted octanol–water partition coefficient (Wildman–Crippen LogP) is 3.33. The summed E-state index contributed by atoms with van der Waals surface area (Å²) >= 11 is 0. The molecule has 13 nitrogen and oxygen atoms in total. The van der Waals surface area contributed by atoms with Gasteiger partial charge in [-0.25, -0.2) is 13.2 Å². The zero-order valence-electron chi connectivity index (χ0n) is 25.6. The zero-order valence-corrected chi connectivity index (χ0v) is 27.3. The van der Waals surface area contributed by atoms with Gasteiger partial charge in [0.05, 0.1) is 41.7 Å². The van der Waals surface area contributed by atoms with Gasteiger partial charge in [0.25, 0.3) is 0 Å². The molecule has 2 heterocycles. The Morgan fingerprint density at radius 2 is 1.74 bits per heavy atom. The number of carbonyl (C=O) groups excluding carboxylic acids is 1. The maximum absolute atomic E-state index is 13.6. The second-order valence-electron chi connectivity index (χ2n) is 11.8.